The third-order valence-electron chi connectivity index (χ3n) is 3.36. The molecule has 0 aromatic heterocycles. The van der Waals surface area contributed by atoms with E-state index in [4.69, 9.17) is 21.5 Å². The molecule has 7 nitrogen and oxygen atoms in total. The summed E-state index contributed by atoms with van der Waals surface area (Å²) in [5.41, 5.74) is 0.407. The number of carbonyl (C=O) groups excluding carboxylic acids is 2. The van der Waals surface area contributed by atoms with Crippen molar-refractivity contribution in [2.45, 2.75) is 11.8 Å². The Morgan fingerprint density at radius 2 is 1.96 bits per heavy atom. The van der Waals surface area contributed by atoms with E-state index in [9.17, 15) is 22.4 Å². The lowest BCUT2D eigenvalue weighted by Crippen LogP contribution is -2.22. The van der Waals surface area contributed by atoms with Crippen LogP contribution in [-0.2, 0) is 19.6 Å². The molecule has 0 aliphatic carbocycles. The van der Waals surface area contributed by atoms with Crippen molar-refractivity contribution in [3.63, 3.8) is 0 Å². The zero-order chi connectivity index (χ0) is 19.5. The van der Waals surface area contributed by atoms with E-state index in [-0.39, 0.29) is 0 Å². The molecule has 2 aromatic carbocycles. The van der Waals surface area contributed by atoms with Crippen LogP contribution in [0.2, 0.25) is 5.02 Å². The van der Waals surface area contributed by atoms with Gasteiger partial charge in [-0.2, -0.15) is 0 Å². The van der Waals surface area contributed by atoms with Crippen LogP contribution in [0.5, 0.6) is 0 Å². The minimum Gasteiger partial charge on any atom is -0.452 e. The van der Waals surface area contributed by atoms with Crippen molar-refractivity contribution in [1.82, 2.24) is 0 Å². The second-order valence-corrected chi connectivity index (χ2v) is 7.19. The summed E-state index contributed by atoms with van der Waals surface area (Å²) in [6, 6.07) is 7.31. The summed E-state index contributed by atoms with van der Waals surface area (Å²) in [7, 11) is -4.12. The Balaban J connectivity index is 2.07. The highest BCUT2D eigenvalue weighted by Crippen LogP contribution is 2.22. The van der Waals surface area contributed by atoms with Crippen LogP contribution < -0.4 is 10.5 Å². The van der Waals surface area contributed by atoms with Gasteiger partial charge in [0.15, 0.2) is 6.61 Å². The van der Waals surface area contributed by atoms with Crippen molar-refractivity contribution >= 4 is 39.2 Å². The molecule has 0 aliphatic rings. The van der Waals surface area contributed by atoms with Crippen LogP contribution >= 0.6 is 11.6 Å². The fourth-order valence-electron chi connectivity index (χ4n) is 1.98. The minimum atomic E-state index is -4.12. The van der Waals surface area contributed by atoms with E-state index in [1.54, 1.807) is 25.1 Å². The van der Waals surface area contributed by atoms with E-state index in [0.29, 0.717) is 16.3 Å². The predicted molar refractivity (Wildman–Crippen MR) is 92.9 cm³/mol. The summed E-state index contributed by atoms with van der Waals surface area (Å²) in [6.07, 6.45) is 0. The molecule has 3 N–H and O–H groups in total. The molecule has 2 rings (SSSR count). The van der Waals surface area contributed by atoms with Gasteiger partial charge in [-0.3, -0.25) is 4.79 Å². The maximum absolute atomic E-state index is 13.7. The number of hydrogen-bond donors (Lipinski definition) is 2. The summed E-state index contributed by atoms with van der Waals surface area (Å²) in [5.74, 6) is -2.88. The molecule has 0 saturated heterocycles. The topological polar surface area (TPSA) is 116 Å². The normalized spacial score (nSPS) is 11.1. The van der Waals surface area contributed by atoms with Gasteiger partial charge in [-0.25, -0.2) is 22.7 Å². The molecular formula is C16H14ClFN2O5S. The van der Waals surface area contributed by atoms with E-state index in [0.717, 1.165) is 18.2 Å². The molecule has 26 heavy (non-hydrogen) atoms. The molecule has 0 fully saturated rings. The quantitative estimate of drug-likeness (QED) is 0.746. The molecule has 0 heterocycles. The molecule has 2 aromatic rings. The van der Waals surface area contributed by atoms with Gasteiger partial charge in [-0.05, 0) is 42.8 Å². The van der Waals surface area contributed by atoms with Crippen LogP contribution in [-0.4, -0.2) is 26.9 Å². The lowest BCUT2D eigenvalue weighted by atomic mass is 10.2. The third-order valence-corrected chi connectivity index (χ3v) is 4.68. The second-order valence-electron chi connectivity index (χ2n) is 5.22. The molecule has 0 radical (unpaired) electrons. The Morgan fingerprint density at radius 3 is 2.62 bits per heavy atom. The molecule has 1 amide bonds. The Labute approximate surface area is 154 Å². The summed E-state index contributed by atoms with van der Waals surface area (Å²) < 4.78 is 41.0. The zero-order valence-electron chi connectivity index (χ0n) is 13.5. The molecular weight excluding hydrogens is 387 g/mol. The van der Waals surface area contributed by atoms with Crippen molar-refractivity contribution in [3.05, 3.63) is 58.4 Å². The number of carbonyl (C=O) groups is 2. The molecule has 0 saturated carbocycles. The third kappa shape index (κ3) is 4.78. The minimum absolute atomic E-state index is 0.431. The van der Waals surface area contributed by atoms with Gasteiger partial charge in [-0.1, -0.05) is 17.7 Å². The molecule has 0 spiro atoms. The Kier molecular flexibility index (Phi) is 5.96. The van der Waals surface area contributed by atoms with Gasteiger partial charge < -0.3 is 10.1 Å². The number of nitrogens with one attached hydrogen (secondary N) is 1. The summed E-state index contributed by atoms with van der Waals surface area (Å²) in [4.78, 5) is 23.4. The maximum atomic E-state index is 13.7. The van der Waals surface area contributed by atoms with Crippen LogP contribution in [0.1, 0.15) is 15.9 Å². The Hall–Kier alpha value is -2.49. The van der Waals surface area contributed by atoms with E-state index in [1.807, 2.05) is 0 Å². The number of rotatable bonds is 5. The predicted octanol–water partition coefficient (Wildman–Crippen LogP) is 2.23. The van der Waals surface area contributed by atoms with Gasteiger partial charge in [0.25, 0.3) is 5.91 Å². The number of ether oxygens (including phenoxy) is 1. The van der Waals surface area contributed by atoms with Gasteiger partial charge in [0.05, 0.1) is 10.5 Å². The summed E-state index contributed by atoms with van der Waals surface area (Å²) in [5, 5.41) is 7.88. The smallest absolute Gasteiger partial charge is 0.341 e. The number of anilines is 1. The molecule has 10 heteroatoms. The zero-order valence-corrected chi connectivity index (χ0v) is 15.0. The number of amides is 1. The van der Waals surface area contributed by atoms with Gasteiger partial charge in [0.2, 0.25) is 10.0 Å². The highest BCUT2D eigenvalue weighted by molar-refractivity contribution is 7.89. The van der Waals surface area contributed by atoms with Crippen molar-refractivity contribution in [2.24, 2.45) is 5.14 Å². The first kappa shape index (κ1) is 19.8. The molecule has 0 bridgehead atoms. The average Bonchev–Trinajstić information content (AvgIpc) is 2.56. The summed E-state index contributed by atoms with van der Waals surface area (Å²) in [6.45, 7) is 0.988. The number of primary sulfonamides is 1. The number of sulfonamides is 1. The fourth-order valence-corrected chi connectivity index (χ4v) is 2.69. The van der Waals surface area contributed by atoms with E-state index < -0.39 is 44.8 Å². The highest BCUT2D eigenvalue weighted by atomic mass is 35.5. The van der Waals surface area contributed by atoms with E-state index >= 15 is 0 Å². The first-order chi connectivity index (χ1) is 12.1. The van der Waals surface area contributed by atoms with Gasteiger partial charge in [0, 0.05) is 10.7 Å². The highest BCUT2D eigenvalue weighted by Gasteiger charge is 2.19. The van der Waals surface area contributed by atoms with Gasteiger partial charge >= 0.3 is 5.97 Å². The number of halogens is 2. The largest absolute Gasteiger partial charge is 0.452 e. The number of nitrogens with two attached hydrogens (primary N) is 1. The van der Waals surface area contributed by atoms with Crippen LogP contribution in [0.25, 0.3) is 0 Å². The lowest BCUT2D eigenvalue weighted by molar-refractivity contribution is -0.119. The number of esters is 1. The molecule has 0 aliphatic heterocycles. The average molecular weight is 401 g/mol. The van der Waals surface area contributed by atoms with Gasteiger partial charge in [0.1, 0.15) is 5.82 Å². The van der Waals surface area contributed by atoms with Crippen LogP contribution in [0.3, 0.4) is 0 Å². The summed E-state index contributed by atoms with van der Waals surface area (Å²) >= 11 is 5.94. The monoisotopic (exact) mass is 400 g/mol. The first-order valence-corrected chi connectivity index (χ1v) is 9.06. The first-order valence-electron chi connectivity index (χ1n) is 7.14. The SMILES string of the molecule is Cc1c(Cl)cccc1NC(=O)COC(=O)c1cc(S(N)(=O)=O)ccc1F. The standard InChI is InChI=1S/C16H14ClFN2O5S/c1-9-12(17)3-2-4-14(9)20-15(21)8-25-16(22)11-7-10(26(19,23)24)5-6-13(11)18/h2-7H,8H2,1H3,(H,20,21)(H2,19,23,24). The van der Waals surface area contributed by atoms with Crippen molar-refractivity contribution in [2.75, 3.05) is 11.9 Å². The molecule has 138 valence electrons. The van der Waals surface area contributed by atoms with Gasteiger partial charge in [-0.15, -0.1) is 0 Å². The number of hydrogen-bond acceptors (Lipinski definition) is 5. The van der Waals surface area contributed by atoms with Crippen LogP contribution in [0.4, 0.5) is 10.1 Å². The van der Waals surface area contributed by atoms with E-state index in [2.05, 4.69) is 5.32 Å². The fraction of sp³-hybridized carbons (Fsp3) is 0.125. The van der Waals surface area contributed by atoms with Crippen molar-refractivity contribution in [3.8, 4) is 0 Å². The van der Waals surface area contributed by atoms with Crippen LogP contribution in [0, 0.1) is 12.7 Å². The maximum Gasteiger partial charge on any atom is 0.341 e. The lowest BCUT2D eigenvalue weighted by Gasteiger charge is -2.10. The second kappa shape index (κ2) is 7.81. The number of benzene rings is 2. The Bertz CT molecular complexity index is 979. The van der Waals surface area contributed by atoms with Crippen molar-refractivity contribution < 1.29 is 27.1 Å². The Morgan fingerprint density at radius 1 is 1.27 bits per heavy atom. The molecule has 0 atom stereocenters. The van der Waals surface area contributed by atoms with E-state index in [1.165, 1.54) is 0 Å². The molecule has 0 unspecified atom stereocenters. The van der Waals surface area contributed by atoms with Crippen LogP contribution in [0.15, 0.2) is 41.3 Å². The van der Waals surface area contributed by atoms with Crippen molar-refractivity contribution in [1.29, 1.82) is 0 Å².